The number of carbonyl (C=O) groups excluding carboxylic acids is 1. The first-order chi connectivity index (χ1) is 11.7. The van der Waals surface area contributed by atoms with Crippen molar-refractivity contribution < 1.29 is 9.21 Å². The van der Waals surface area contributed by atoms with Crippen molar-refractivity contribution in [2.45, 2.75) is 31.6 Å². The largest absolute Gasteiger partial charge is 0.451 e. The Labute approximate surface area is 141 Å². The van der Waals surface area contributed by atoms with Crippen LogP contribution in [0.2, 0.25) is 0 Å². The molecule has 3 heteroatoms. The summed E-state index contributed by atoms with van der Waals surface area (Å²) in [4.78, 5) is 12.6. The van der Waals surface area contributed by atoms with E-state index in [2.05, 4.69) is 29.6 Å². The summed E-state index contributed by atoms with van der Waals surface area (Å²) in [6.45, 7) is 2.60. The summed E-state index contributed by atoms with van der Waals surface area (Å²) >= 11 is 0. The van der Waals surface area contributed by atoms with Crippen LogP contribution in [0.3, 0.4) is 0 Å². The SMILES string of the molecule is Cc1c(C(=O)NCC2(c3ccccc3)CCC2)oc2ccccc12. The number of amides is 1. The van der Waals surface area contributed by atoms with Gasteiger partial charge in [-0.2, -0.15) is 0 Å². The fourth-order valence-electron chi connectivity index (χ4n) is 3.68. The third-order valence-electron chi connectivity index (χ3n) is 5.33. The molecule has 0 atom stereocenters. The van der Waals surface area contributed by atoms with Crippen LogP contribution >= 0.6 is 0 Å². The van der Waals surface area contributed by atoms with Gasteiger partial charge >= 0.3 is 0 Å². The number of nitrogens with one attached hydrogen (secondary N) is 1. The van der Waals surface area contributed by atoms with Crippen molar-refractivity contribution in [3.63, 3.8) is 0 Å². The Morgan fingerprint density at radius 1 is 1.08 bits per heavy atom. The van der Waals surface area contributed by atoms with E-state index in [0.717, 1.165) is 29.4 Å². The summed E-state index contributed by atoms with van der Waals surface area (Å²) in [5.74, 6) is 0.310. The Bertz CT molecular complexity index is 875. The average molecular weight is 319 g/mol. The highest BCUT2D eigenvalue weighted by molar-refractivity contribution is 5.98. The van der Waals surface area contributed by atoms with Gasteiger partial charge in [0.15, 0.2) is 5.76 Å². The number of benzene rings is 2. The summed E-state index contributed by atoms with van der Waals surface area (Å²) in [5, 5.41) is 4.11. The number of aryl methyl sites for hydroxylation is 1. The van der Waals surface area contributed by atoms with Crippen molar-refractivity contribution in [2.75, 3.05) is 6.54 Å². The van der Waals surface area contributed by atoms with Gasteiger partial charge in [0.1, 0.15) is 5.58 Å². The van der Waals surface area contributed by atoms with Gasteiger partial charge in [-0.15, -0.1) is 0 Å². The molecule has 122 valence electrons. The molecule has 0 aliphatic heterocycles. The number of furan rings is 1. The highest BCUT2D eigenvalue weighted by atomic mass is 16.3. The quantitative estimate of drug-likeness (QED) is 0.764. The van der Waals surface area contributed by atoms with E-state index in [4.69, 9.17) is 4.42 Å². The zero-order valence-corrected chi connectivity index (χ0v) is 13.8. The van der Waals surface area contributed by atoms with Gasteiger partial charge in [-0.3, -0.25) is 4.79 Å². The summed E-state index contributed by atoms with van der Waals surface area (Å²) in [7, 11) is 0. The molecule has 0 unspecified atom stereocenters. The van der Waals surface area contributed by atoms with E-state index < -0.39 is 0 Å². The Hall–Kier alpha value is -2.55. The van der Waals surface area contributed by atoms with E-state index in [-0.39, 0.29) is 11.3 Å². The van der Waals surface area contributed by atoms with Crippen molar-refractivity contribution in [3.05, 3.63) is 71.5 Å². The van der Waals surface area contributed by atoms with Crippen molar-refractivity contribution in [2.24, 2.45) is 0 Å². The maximum atomic E-state index is 12.6. The number of fused-ring (bicyclic) bond motifs is 1. The molecule has 24 heavy (non-hydrogen) atoms. The average Bonchev–Trinajstić information content (AvgIpc) is 2.92. The molecule has 1 N–H and O–H groups in total. The van der Waals surface area contributed by atoms with E-state index in [0.29, 0.717) is 12.3 Å². The van der Waals surface area contributed by atoms with Gasteiger partial charge in [0.05, 0.1) is 0 Å². The Balaban J connectivity index is 1.54. The highest BCUT2D eigenvalue weighted by Gasteiger charge is 2.39. The van der Waals surface area contributed by atoms with Gasteiger partial charge in [0.2, 0.25) is 0 Å². The maximum Gasteiger partial charge on any atom is 0.287 e. The highest BCUT2D eigenvalue weighted by Crippen LogP contribution is 2.43. The topological polar surface area (TPSA) is 42.2 Å². The van der Waals surface area contributed by atoms with Gasteiger partial charge in [-0.05, 0) is 31.4 Å². The van der Waals surface area contributed by atoms with Gasteiger partial charge in [0.25, 0.3) is 5.91 Å². The van der Waals surface area contributed by atoms with Crippen LogP contribution in [0.1, 0.15) is 40.9 Å². The molecule has 1 aromatic heterocycles. The van der Waals surface area contributed by atoms with Gasteiger partial charge in [-0.1, -0.05) is 55.0 Å². The van der Waals surface area contributed by atoms with Gasteiger partial charge in [-0.25, -0.2) is 0 Å². The van der Waals surface area contributed by atoms with E-state index >= 15 is 0 Å². The molecule has 1 fully saturated rings. The van der Waals surface area contributed by atoms with Crippen molar-refractivity contribution in [1.82, 2.24) is 5.32 Å². The van der Waals surface area contributed by atoms with Crippen LogP contribution < -0.4 is 5.32 Å². The molecular formula is C21H21NO2. The molecule has 0 radical (unpaired) electrons. The minimum absolute atomic E-state index is 0.0802. The van der Waals surface area contributed by atoms with Crippen molar-refractivity contribution >= 4 is 16.9 Å². The van der Waals surface area contributed by atoms with Crippen LogP contribution in [0.15, 0.2) is 59.0 Å². The van der Waals surface area contributed by atoms with Crippen LogP contribution in [0.4, 0.5) is 0 Å². The summed E-state index contributed by atoms with van der Waals surface area (Å²) in [6, 6.07) is 18.3. The molecule has 1 heterocycles. The molecule has 1 aliphatic rings. The predicted molar refractivity (Wildman–Crippen MR) is 95.3 cm³/mol. The molecule has 0 saturated heterocycles. The van der Waals surface area contributed by atoms with E-state index in [9.17, 15) is 4.79 Å². The second kappa shape index (κ2) is 5.82. The molecule has 1 amide bonds. The molecule has 0 spiro atoms. The number of para-hydroxylation sites is 1. The molecule has 1 saturated carbocycles. The number of rotatable bonds is 4. The first kappa shape index (κ1) is 15.0. The van der Waals surface area contributed by atoms with Crippen LogP contribution in [0.5, 0.6) is 0 Å². The second-order valence-corrected chi connectivity index (χ2v) is 6.73. The summed E-state index contributed by atoms with van der Waals surface area (Å²) in [5.41, 5.74) is 3.07. The van der Waals surface area contributed by atoms with Crippen LogP contribution in [0, 0.1) is 6.92 Å². The summed E-state index contributed by atoms with van der Waals surface area (Å²) < 4.78 is 5.77. The van der Waals surface area contributed by atoms with E-state index in [1.807, 2.05) is 37.3 Å². The van der Waals surface area contributed by atoms with Crippen LogP contribution in [-0.4, -0.2) is 12.5 Å². The fraction of sp³-hybridized carbons (Fsp3) is 0.286. The number of hydrogen-bond donors (Lipinski definition) is 1. The first-order valence-electron chi connectivity index (χ1n) is 8.51. The minimum Gasteiger partial charge on any atom is -0.451 e. The molecule has 2 aromatic carbocycles. The zero-order chi connectivity index (χ0) is 16.6. The standard InChI is InChI=1S/C21H21NO2/c1-15-17-10-5-6-11-18(17)24-19(15)20(23)22-14-21(12-7-13-21)16-8-3-2-4-9-16/h2-6,8-11H,7,12-14H2,1H3,(H,22,23). The lowest BCUT2D eigenvalue weighted by Gasteiger charge is -2.42. The van der Waals surface area contributed by atoms with Crippen molar-refractivity contribution in [1.29, 1.82) is 0 Å². The minimum atomic E-state index is -0.120. The van der Waals surface area contributed by atoms with Gasteiger partial charge in [0, 0.05) is 22.9 Å². The first-order valence-corrected chi connectivity index (χ1v) is 8.51. The van der Waals surface area contributed by atoms with E-state index in [1.165, 1.54) is 12.0 Å². The molecule has 3 aromatic rings. The second-order valence-electron chi connectivity index (χ2n) is 6.73. The monoisotopic (exact) mass is 319 g/mol. The summed E-state index contributed by atoms with van der Waals surface area (Å²) in [6.07, 6.45) is 3.46. The normalized spacial score (nSPS) is 15.9. The van der Waals surface area contributed by atoms with Crippen LogP contribution in [0.25, 0.3) is 11.0 Å². The Morgan fingerprint density at radius 3 is 2.46 bits per heavy atom. The van der Waals surface area contributed by atoms with Gasteiger partial charge < -0.3 is 9.73 Å². The Kier molecular flexibility index (Phi) is 3.64. The number of hydrogen-bond acceptors (Lipinski definition) is 2. The lowest BCUT2D eigenvalue weighted by atomic mass is 9.64. The molecule has 1 aliphatic carbocycles. The lowest BCUT2D eigenvalue weighted by Crippen LogP contribution is -2.45. The molecular weight excluding hydrogens is 298 g/mol. The number of carbonyl (C=O) groups is 1. The van der Waals surface area contributed by atoms with E-state index in [1.54, 1.807) is 0 Å². The lowest BCUT2D eigenvalue weighted by molar-refractivity contribution is 0.0901. The molecule has 4 rings (SSSR count). The molecule has 0 bridgehead atoms. The smallest absolute Gasteiger partial charge is 0.287 e. The third-order valence-corrected chi connectivity index (χ3v) is 5.33. The predicted octanol–water partition coefficient (Wildman–Crippen LogP) is 4.59. The third kappa shape index (κ3) is 2.41. The zero-order valence-electron chi connectivity index (χ0n) is 13.8. The fourth-order valence-corrected chi connectivity index (χ4v) is 3.68. The maximum absolute atomic E-state index is 12.6. The van der Waals surface area contributed by atoms with Crippen LogP contribution in [-0.2, 0) is 5.41 Å². The van der Waals surface area contributed by atoms with Crippen molar-refractivity contribution in [3.8, 4) is 0 Å². The molecule has 3 nitrogen and oxygen atoms in total. The Morgan fingerprint density at radius 2 is 1.79 bits per heavy atom.